The first-order valence-electron chi connectivity index (χ1n) is 10.9. The second-order valence-corrected chi connectivity index (χ2v) is 9.57. The Kier molecular flexibility index (Phi) is 5.87. The SMILES string of the molecule is O=c1c(=[n+]2ccc(=C([O-])c3ccccc3)cc2)/c(=N/S(=O)(=O)c2ccccc2)c(=O)c2ccccc12. The van der Waals surface area contributed by atoms with E-state index >= 15 is 0 Å². The Balaban J connectivity index is 1.92. The van der Waals surface area contributed by atoms with Gasteiger partial charge in [-0.2, -0.15) is 12.7 Å². The van der Waals surface area contributed by atoms with Gasteiger partial charge in [0.1, 0.15) is 0 Å². The molecule has 0 fully saturated rings. The molecule has 0 unspecified atom stereocenters. The van der Waals surface area contributed by atoms with Crippen LogP contribution < -0.4 is 30.8 Å². The van der Waals surface area contributed by atoms with Crippen molar-refractivity contribution >= 4 is 26.6 Å². The number of pyridine rings is 1. The van der Waals surface area contributed by atoms with Gasteiger partial charge in [-0.1, -0.05) is 78.6 Å². The van der Waals surface area contributed by atoms with E-state index in [1.165, 1.54) is 65.2 Å². The van der Waals surface area contributed by atoms with Crippen molar-refractivity contribution in [1.29, 1.82) is 0 Å². The number of fused-ring (bicyclic) bond motifs is 1. The maximum absolute atomic E-state index is 13.5. The van der Waals surface area contributed by atoms with Crippen molar-refractivity contribution in [3.8, 4) is 0 Å². The Hall–Kier alpha value is -4.69. The summed E-state index contributed by atoms with van der Waals surface area (Å²) in [5, 5.41) is 12.7. The van der Waals surface area contributed by atoms with Crippen LogP contribution in [0.15, 0.2) is 128 Å². The topological polar surface area (TPSA) is 110 Å². The molecular weight excluding hydrogens is 476 g/mol. The Morgan fingerprint density at radius 2 is 1.22 bits per heavy atom. The zero-order valence-corrected chi connectivity index (χ0v) is 19.6. The smallest absolute Gasteiger partial charge is 0.289 e. The van der Waals surface area contributed by atoms with Gasteiger partial charge in [0, 0.05) is 22.9 Å². The van der Waals surface area contributed by atoms with E-state index < -0.39 is 26.2 Å². The van der Waals surface area contributed by atoms with Crippen LogP contribution in [0, 0.1) is 5.36 Å². The predicted molar refractivity (Wildman–Crippen MR) is 132 cm³/mol. The first kappa shape index (κ1) is 23.1. The number of benzene rings is 4. The maximum Gasteiger partial charge on any atom is 0.289 e. The molecule has 4 aromatic carbocycles. The van der Waals surface area contributed by atoms with Crippen molar-refractivity contribution in [2.45, 2.75) is 4.90 Å². The molecule has 1 heterocycles. The molecule has 5 rings (SSSR count). The lowest BCUT2D eigenvalue weighted by Gasteiger charge is -2.11. The van der Waals surface area contributed by atoms with Gasteiger partial charge in [-0.25, -0.2) is 0 Å². The second kappa shape index (κ2) is 9.16. The van der Waals surface area contributed by atoms with Crippen molar-refractivity contribution < 1.29 is 17.8 Å². The van der Waals surface area contributed by atoms with Crippen LogP contribution in [-0.2, 0) is 10.0 Å². The van der Waals surface area contributed by atoms with Crippen LogP contribution in [0.4, 0.5) is 0 Å². The molecular formula is C28H18N2O5S. The summed E-state index contributed by atoms with van der Waals surface area (Å²) in [6.07, 6.45) is 2.88. The minimum atomic E-state index is -4.29. The third kappa shape index (κ3) is 4.14. The van der Waals surface area contributed by atoms with E-state index in [2.05, 4.69) is 4.40 Å². The van der Waals surface area contributed by atoms with Crippen molar-refractivity contribution in [1.82, 2.24) is 0 Å². The Morgan fingerprint density at radius 1 is 0.694 bits per heavy atom. The van der Waals surface area contributed by atoms with E-state index in [-0.39, 0.29) is 26.8 Å². The fraction of sp³-hybridized carbons (Fsp3) is 0. The van der Waals surface area contributed by atoms with E-state index in [4.69, 9.17) is 0 Å². The van der Waals surface area contributed by atoms with Gasteiger partial charge in [0.15, 0.2) is 12.4 Å². The first-order valence-corrected chi connectivity index (χ1v) is 12.4. The van der Waals surface area contributed by atoms with Crippen LogP contribution >= 0.6 is 0 Å². The molecule has 0 atom stereocenters. The third-order valence-corrected chi connectivity index (χ3v) is 7.00. The fourth-order valence-corrected chi connectivity index (χ4v) is 4.94. The average Bonchev–Trinajstić information content (AvgIpc) is 2.92. The van der Waals surface area contributed by atoms with E-state index in [1.54, 1.807) is 48.5 Å². The first-order chi connectivity index (χ1) is 17.4. The highest BCUT2D eigenvalue weighted by Crippen LogP contribution is 2.10. The van der Waals surface area contributed by atoms with Crippen molar-refractivity contribution in [2.75, 3.05) is 0 Å². The highest BCUT2D eigenvalue weighted by molar-refractivity contribution is 7.90. The molecule has 8 heteroatoms. The van der Waals surface area contributed by atoms with Gasteiger partial charge in [0.05, 0.1) is 4.90 Å². The molecule has 0 radical (unpaired) electrons. The number of hydrogen-bond acceptors (Lipinski definition) is 5. The molecule has 0 aliphatic rings. The molecule has 1 aromatic heterocycles. The zero-order chi connectivity index (χ0) is 25.3. The van der Waals surface area contributed by atoms with Crippen molar-refractivity contribution in [3.63, 3.8) is 0 Å². The lowest BCUT2D eigenvalue weighted by atomic mass is 10.1. The molecule has 36 heavy (non-hydrogen) atoms. The van der Waals surface area contributed by atoms with Gasteiger partial charge >= 0.3 is 0 Å². The molecule has 176 valence electrons. The van der Waals surface area contributed by atoms with E-state index in [1.807, 2.05) is 0 Å². The van der Waals surface area contributed by atoms with Crippen LogP contribution in [0.3, 0.4) is 0 Å². The Morgan fingerprint density at radius 3 is 1.83 bits per heavy atom. The summed E-state index contributed by atoms with van der Waals surface area (Å²) in [7, 11) is -4.29. The van der Waals surface area contributed by atoms with Crippen LogP contribution in [-0.4, -0.2) is 8.42 Å². The maximum atomic E-state index is 13.5. The number of hydrogen-bond donors (Lipinski definition) is 0. The Bertz CT molecular complexity index is 2030. The number of aromatic nitrogens is 1. The number of sulfonamides is 1. The standard InChI is InChI=1S/C28H18N2O5S/c31-26(19-9-3-1-4-10-19)20-15-17-30(18-16-20)25-24(29-36(34,35)21-11-5-2-6-12-21)27(32)22-13-7-8-14-23(22)28(25)33/h1-18H. The van der Waals surface area contributed by atoms with Crippen LogP contribution in [0.25, 0.3) is 16.5 Å². The largest absolute Gasteiger partial charge is 0.872 e. The summed E-state index contributed by atoms with van der Waals surface area (Å²) in [5.74, 6) is -0.218. The third-order valence-electron chi connectivity index (χ3n) is 5.71. The van der Waals surface area contributed by atoms with Gasteiger partial charge in [-0.05, 0) is 22.9 Å². The van der Waals surface area contributed by atoms with Crippen molar-refractivity contribution in [3.05, 3.63) is 151 Å². The average molecular weight is 495 g/mol. The summed E-state index contributed by atoms with van der Waals surface area (Å²) in [5.41, 5.74) is -0.743. The highest BCUT2D eigenvalue weighted by atomic mass is 32.2. The van der Waals surface area contributed by atoms with E-state index in [0.717, 1.165) is 0 Å². The molecule has 0 amide bonds. The van der Waals surface area contributed by atoms with Gasteiger partial charge in [-0.3, -0.25) is 9.59 Å². The monoisotopic (exact) mass is 494 g/mol. The van der Waals surface area contributed by atoms with E-state index in [9.17, 15) is 23.1 Å². The van der Waals surface area contributed by atoms with E-state index in [0.29, 0.717) is 10.8 Å². The molecule has 0 aliphatic carbocycles. The fourth-order valence-electron chi connectivity index (χ4n) is 3.92. The summed E-state index contributed by atoms with van der Waals surface area (Å²) >= 11 is 0. The molecule has 0 bridgehead atoms. The summed E-state index contributed by atoms with van der Waals surface area (Å²) in [6, 6.07) is 25.3. The molecule has 0 aliphatic heterocycles. The van der Waals surface area contributed by atoms with Gasteiger partial charge in [0.2, 0.25) is 10.8 Å². The lowest BCUT2D eigenvalue weighted by molar-refractivity contribution is -0.512. The second-order valence-electron chi connectivity index (χ2n) is 7.97. The lowest BCUT2D eigenvalue weighted by Crippen LogP contribution is -2.41. The molecule has 0 saturated heterocycles. The molecule has 5 aromatic rings. The Labute approximate surface area is 205 Å². The minimum absolute atomic E-state index is 0.0738. The molecule has 0 saturated carbocycles. The van der Waals surface area contributed by atoms with Crippen molar-refractivity contribution in [2.24, 2.45) is 4.40 Å². The minimum Gasteiger partial charge on any atom is -0.872 e. The molecule has 7 nitrogen and oxygen atoms in total. The quantitative estimate of drug-likeness (QED) is 0.342. The van der Waals surface area contributed by atoms with Gasteiger partial charge < -0.3 is 5.11 Å². The molecule has 0 N–H and O–H groups in total. The van der Waals surface area contributed by atoms with Gasteiger partial charge in [0.25, 0.3) is 20.8 Å². The van der Waals surface area contributed by atoms with Crippen LogP contribution in [0.2, 0.25) is 0 Å². The number of rotatable bonds is 3. The van der Waals surface area contributed by atoms with Gasteiger partial charge in [-0.15, -0.1) is 4.40 Å². The predicted octanol–water partition coefficient (Wildman–Crippen LogP) is 0.610. The van der Waals surface area contributed by atoms with Crippen LogP contribution in [0.1, 0.15) is 5.56 Å². The normalized spacial score (nSPS) is 12.1. The van der Waals surface area contributed by atoms with Crippen LogP contribution in [0.5, 0.6) is 0 Å². The molecule has 0 spiro atoms. The highest BCUT2D eigenvalue weighted by Gasteiger charge is 2.19. The number of nitrogens with zero attached hydrogens (tertiary/aromatic N) is 2. The summed E-state index contributed by atoms with van der Waals surface area (Å²) in [4.78, 5) is 26.8. The summed E-state index contributed by atoms with van der Waals surface area (Å²) < 4.78 is 31.2. The summed E-state index contributed by atoms with van der Waals surface area (Å²) in [6.45, 7) is 0. The zero-order valence-electron chi connectivity index (χ0n) is 18.7.